The fourth-order valence-corrected chi connectivity index (χ4v) is 2.57. The first-order valence-corrected chi connectivity index (χ1v) is 6.50. The maximum absolute atomic E-state index is 13.6. The van der Waals surface area contributed by atoms with Crippen molar-refractivity contribution in [3.05, 3.63) is 56.2 Å². The van der Waals surface area contributed by atoms with Gasteiger partial charge < -0.3 is 0 Å². The number of ketones is 1. The van der Waals surface area contributed by atoms with E-state index in [4.69, 9.17) is 11.6 Å². The minimum absolute atomic E-state index is 0.290. The second kappa shape index (κ2) is 5.16. The predicted octanol–water partition coefficient (Wildman–Crippen LogP) is 4.47. The fourth-order valence-electron chi connectivity index (χ4n) is 1.52. The summed E-state index contributed by atoms with van der Waals surface area (Å²) in [4.78, 5) is 13.4. The second-order valence-electron chi connectivity index (χ2n) is 3.69. The van der Waals surface area contributed by atoms with Crippen LogP contribution < -0.4 is 0 Å². The molecular formula is C13H9ClF2OS. The van der Waals surface area contributed by atoms with E-state index in [1.54, 1.807) is 6.07 Å². The average molecular weight is 287 g/mol. The summed E-state index contributed by atoms with van der Waals surface area (Å²) in [6.45, 7) is 1.96. The van der Waals surface area contributed by atoms with Gasteiger partial charge in [-0.1, -0.05) is 18.5 Å². The minimum atomic E-state index is -0.808. The summed E-state index contributed by atoms with van der Waals surface area (Å²) in [5.74, 6) is -2.13. The second-order valence-corrected chi connectivity index (χ2v) is 5.27. The van der Waals surface area contributed by atoms with Crippen molar-refractivity contribution in [3.63, 3.8) is 0 Å². The molecule has 0 radical (unpaired) electrons. The summed E-state index contributed by atoms with van der Waals surface area (Å²) in [5.41, 5.74) is -0.290. The van der Waals surface area contributed by atoms with E-state index in [9.17, 15) is 13.6 Å². The number of halogens is 3. The Balaban J connectivity index is 2.42. The van der Waals surface area contributed by atoms with Gasteiger partial charge in [-0.15, -0.1) is 11.3 Å². The van der Waals surface area contributed by atoms with Gasteiger partial charge in [-0.25, -0.2) is 8.78 Å². The van der Waals surface area contributed by atoms with E-state index in [2.05, 4.69) is 0 Å². The van der Waals surface area contributed by atoms with Crippen molar-refractivity contribution < 1.29 is 13.6 Å². The van der Waals surface area contributed by atoms with Gasteiger partial charge in [-0.3, -0.25) is 4.79 Å². The van der Waals surface area contributed by atoms with Crippen molar-refractivity contribution >= 4 is 28.7 Å². The number of carbonyl (C=O) groups excluding carboxylic acids is 1. The molecule has 5 heteroatoms. The van der Waals surface area contributed by atoms with Crippen LogP contribution in [0.1, 0.15) is 27.0 Å². The van der Waals surface area contributed by atoms with Gasteiger partial charge in [0.2, 0.25) is 5.78 Å². The van der Waals surface area contributed by atoms with Crippen LogP contribution in [0.25, 0.3) is 0 Å². The van der Waals surface area contributed by atoms with Crippen molar-refractivity contribution in [1.29, 1.82) is 0 Å². The summed E-state index contributed by atoms with van der Waals surface area (Å²) < 4.78 is 26.8. The van der Waals surface area contributed by atoms with E-state index < -0.39 is 17.4 Å². The summed E-state index contributed by atoms with van der Waals surface area (Å²) >= 11 is 6.72. The summed E-state index contributed by atoms with van der Waals surface area (Å²) in [5, 5.41) is -0.329. The molecule has 0 amide bonds. The van der Waals surface area contributed by atoms with Gasteiger partial charge in [-0.05, 0) is 30.7 Å². The SMILES string of the molecule is CCc1ccc(C(=O)c2cc(F)c(Cl)cc2F)s1. The van der Waals surface area contributed by atoms with Gasteiger partial charge in [0.05, 0.1) is 15.5 Å². The molecule has 0 saturated heterocycles. The molecule has 0 bridgehead atoms. The van der Waals surface area contributed by atoms with Gasteiger partial charge in [0, 0.05) is 4.88 Å². The van der Waals surface area contributed by atoms with Crippen LogP contribution in [0.4, 0.5) is 8.78 Å². The molecule has 0 atom stereocenters. The Bertz CT molecular complexity index is 607. The van der Waals surface area contributed by atoms with Crippen LogP contribution in [0.2, 0.25) is 5.02 Å². The third-order valence-corrected chi connectivity index (χ3v) is 4.01. The summed E-state index contributed by atoms with van der Waals surface area (Å²) in [6.07, 6.45) is 0.801. The summed E-state index contributed by atoms with van der Waals surface area (Å²) in [6, 6.07) is 5.09. The van der Waals surface area contributed by atoms with Crippen LogP contribution in [-0.4, -0.2) is 5.78 Å². The first kappa shape index (κ1) is 13.2. The van der Waals surface area contributed by atoms with Gasteiger partial charge >= 0.3 is 0 Å². The lowest BCUT2D eigenvalue weighted by Crippen LogP contribution is -2.03. The van der Waals surface area contributed by atoms with Crippen molar-refractivity contribution in [2.24, 2.45) is 0 Å². The molecule has 1 aromatic heterocycles. The quantitative estimate of drug-likeness (QED) is 0.601. The first-order valence-electron chi connectivity index (χ1n) is 5.31. The fraction of sp³-hybridized carbons (Fsp3) is 0.154. The number of thiophene rings is 1. The number of hydrogen-bond acceptors (Lipinski definition) is 2. The molecule has 18 heavy (non-hydrogen) atoms. The van der Waals surface area contributed by atoms with Crippen LogP contribution in [0.3, 0.4) is 0 Å². The maximum Gasteiger partial charge on any atom is 0.206 e. The Labute approximate surface area is 112 Å². The molecule has 1 aromatic carbocycles. The van der Waals surface area contributed by atoms with Crippen LogP contribution in [0, 0.1) is 11.6 Å². The number of carbonyl (C=O) groups is 1. The standard InChI is InChI=1S/C13H9ClF2OS/c1-2-7-3-4-12(18-7)13(17)8-5-11(16)9(14)6-10(8)15/h3-6H,2H2,1H3. The third-order valence-electron chi connectivity index (χ3n) is 2.49. The van der Waals surface area contributed by atoms with Crippen LogP contribution >= 0.6 is 22.9 Å². The zero-order valence-corrected chi connectivity index (χ0v) is 11.0. The monoisotopic (exact) mass is 286 g/mol. The highest BCUT2D eigenvalue weighted by atomic mass is 35.5. The summed E-state index contributed by atoms with van der Waals surface area (Å²) in [7, 11) is 0. The van der Waals surface area contributed by atoms with Gasteiger partial charge in [-0.2, -0.15) is 0 Å². The molecule has 0 aliphatic rings. The maximum atomic E-state index is 13.6. The Morgan fingerprint density at radius 1 is 1.28 bits per heavy atom. The molecule has 2 aromatic rings. The zero-order chi connectivity index (χ0) is 13.3. The largest absolute Gasteiger partial charge is 0.288 e. The predicted molar refractivity (Wildman–Crippen MR) is 68.5 cm³/mol. The number of rotatable bonds is 3. The Morgan fingerprint density at radius 2 is 2.00 bits per heavy atom. The average Bonchev–Trinajstić information content (AvgIpc) is 2.81. The van der Waals surface area contributed by atoms with Crippen molar-refractivity contribution in [2.75, 3.05) is 0 Å². The first-order chi connectivity index (χ1) is 8.52. The van der Waals surface area contributed by atoms with E-state index in [0.717, 1.165) is 23.4 Å². The molecule has 0 N–H and O–H groups in total. The van der Waals surface area contributed by atoms with Crippen molar-refractivity contribution in [3.8, 4) is 0 Å². The number of hydrogen-bond donors (Lipinski definition) is 0. The van der Waals surface area contributed by atoms with E-state index in [-0.39, 0.29) is 10.6 Å². The number of benzene rings is 1. The van der Waals surface area contributed by atoms with E-state index in [1.165, 1.54) is 11.3 Å². The zero-order valence-electron chi connectivity index (χ0n) is 9.47. The lowest BCUT2D eigenvalue weighted by molar-refractivity contribution is 0.103. The van der Waals surface area contributed by atoms with Crippen LogP contribution in [0.15, 0.2) is 24.3 Å². The lowest BCUT2D eigenvalue weighted by Gasteiger charge is -2.02. The van der Waals surface area contributed by atoms with E-state index in [0.29, 0.717) is 4.88 Å². The van der Waals surface area contributed by atoms with Crippen LogP contribution in [-0.2, 0) is 6.42 Å². The third kappa shape index (κ3) is 2.44. The molecule has 94 valence electrons. The minimum Gasteiger partial charge on any atom is -0.288 e. The molecule has 2 rings (SSSR count). The Morgan fingerprint density at radius 3 is 2.61 bits per heavy atom. The van der Waals surface area contributed by atoms with Crippen molar-refractivity contribution in [1.82, 2.24) is 0 Å². The molecule has 1 nitrogen and oxygen atoms in total. The molecule has 1 heterocycles. The van der Waals surface area contributed by atoms with Gasteiger partial charge in [0.15, 0.2) is 0 Å². The molecule has 0 aliphatic heterocycles. The number of aryl methyl sites for hydroxylation is 1. The molecule has 0 spiro atoms. The van der Waals surface area contributed by atoms with Gasteiger partial charge in [0.1, 0.15) is 11.6 Å². The highest BCUT2D eigenvalue weighted by Gasteiger charge is 2.18. The van der Waals surface area contributed by atoms with Gasteiger partial charge in [0.25, 0.3) is 0 Å². The normalized spacial score (nSPS) is 10.7. The molecule has 0 unspecified atom stereocenters. The molecular weight excluding hydrogens is 278 g/mol. The highest BCUT2D eigenvalue weighted by Crippen LogP contribution is 2.25. The Kier molecular flexibility index (Phi) is 3.78. The molecule has 0 fully saturated rings. The van der Waals surface area contributed by atoms with E-state index >= 15 is 0 Å². The topological polar surface area (TPSA) is 17.1 Å². The van der Waals surface area contributed by atoms with E-state index in [1.807, 2.05) is 13.0 Å². The lowest BCUT2D eigenvalue weighted by atomic mass is 10.1. The van der Waals surface area contributed by atoms with Crippen molar-refractivity contribution in [2.45, 2.75) is 13.3 Å². The molecule has 0 aliphatic carbocycles. The van der Waals surface area contributed by atoms with Crippen LogP contribution in [0.5, 0.6) is 0 Å². The smallest absolute Gasteiger partial charge is 0.206 e. The highest BCUT2D eigenvalue weighted by molar-refractivity contribution is 7.14. The Hall–Kier alpha value is -1.26. The molecule has 0 saturated carbocycles.